The second-order valence-corrected chi connectivity index (χ2v) is 8.09. The number of amides is 1. The number of aromatic carboxylic acids is 1. The van der Waals surface area contributed by atoms with Gasteiger partial charge >= 0.3 is 11.9 Å². The SMILES string of the molecule is CC.O=CC(CC(=O)O)NC(=O)c1ccc(CNS(=O)(=O)c2ccc(O)c(C(=O)O)c2)cc1. The molecule has 1 amide bonds. The minimum Gasteiger partial charge on any atom is -0.507 e. The second kappa shape index (κ2) is 12.3. The standard InChI is InChI=1S/C19H18N2O9S.C2H6/c22-10-13(7-17(24)25)21-18(26)12-3-1-11(2-4-12)9-20-31(29,30)14-5-6-16(23)15(8-14)19(27)28;1-2/h1-6,8,10,13,20,23H,7,9H2,(H,21,26)(H,24,25)(H,27,28);1-2H3. The van der Waals surface area contributed by atoms with Gasteiger partial charge < -0.3 is 25.4 Å². The van der Waals surface area contributed by atoms with E-state index >= 15 is 0 Å². The van der Waals surface area contributed by atoms with Crippen LogP contribution in [-0.2, 0) is 26.2 Å². The maximum Gasteiger partial charge on any atom is 0.339 e. The fraction of sp³-hybridized carbons (Fsp3) is 0.238. The molecule has 1 unspecified atom stereocenters. The van der Waals surface area contributed by atoms with Crippen molar-refractivity contribution >= 4 is 34.2 Å². The lowest BCUT2D eigenvalue weighted by atomic mass is 10.1. The molecule has 0 aliphatic rings. The van der Waals surface area contributed by atoms with Gasteiger partial charge in [0.25, 0.3) is 5.91 Å². The number of aliphatic carboxylic acids is 1. The van der Waals surface area contributed by atoms with Crippen molar-refractivity contribution < 1.29 is 42.9 Å². The molecule has 2 rings (SSSR count). The summed E-state index contributed by atoms with van der Waals surface area (Å²) in [7, 11) is -4.09. The topological polar surface area (TPSA) is 187 Å². The van der Waals surface area contributed by atoms with E-state index in [1.54, 1.807) is 0 Å². The lowest BCUT2D eigenvalue weighted by Crippen LogP contribution is -2.37. The third kappa shape index (κ3) is 8.01. The van der Waals surface area contributed by atoms with E-state index in [0.717, 1.165) is 18.2 Å². The minimum atomic E-state index is -4.09. The van der Waals surface area contributed by atoms with Crippen LogP contribution < -0.4 is 10.0 Å². The van der Waals surface area contributed by atoms with Crippen LogP contribution in [0.25, 0.3) is 0 Å². The fourth-order valence-corrected chi connectivity index (χ4v) is 3.51. The summed E-state index contributed by atoms with van der Waals surface area (Å²) >= 11 is 0. The average Bonchev–Trinajstić information content (AvgIpc) is 2.78. The van der Waals surface area contributed by atoms with Gasteiger partial charge in [0.05, 0.1) is 17.4 Å². The molecule has 33 heavy (non-hydrogen) atoms. The van der Waals surface area contributed by atoms with Crippen LogP contribution in [0, 0.1) is 0 Å². The number of carbonyl (C=O) groups is 4. The molecular formula is C21H24N2O9S. The van der Waals surface area contributed by atoms with Gasteiger partial charge in [-0.15, -0.1) is 0 Å². The van der Waals surface area contributed by atoms with E-state index in [-0.39, 0.29) is 17.0 Å². The van der Waals surface area contributed by atoms with E-state index in [1.165, 1.54) is 24.3 Å². The first-order chi connectivity index (χ1) is 15.5. The summed E-state index contributed by atoms with van der Waals surface area (Å²) in [6, 6.07) is 7.29. The first kappa shape index (κ1) is 27.3. The van der Waals surface area contributed by atoms with Crippen molar-refractivity contribution in [3.05, 3.63) is 59.2 Å². The van der Waals surface area contributed by atoms with Crippen LogP contribution in [0.3, 0.4) is 0 Å². The second-order valence-electron chi connectivity index (χ2n) is 6.32. The zero-order chi connectivity index (χ0) is 25.2. The molecule has 12 heteroatoms. The molecule has 178 valence electrons. The Bertz CT molecular complexity index is 1110. The van der Waals surface area contributed by atoms with Crippen molar-refractivity contribution in [3.8, 4) is 5.75 Å². The number of carbonyl (C=O) groups excluding carboxylic acids is 2. The molecule has 2 aromatic carbocycles. The number of hydrogen-bond donors (Lipinski definition) is 5. The molecule has 1 atom stereocenters. The number of hydrogen-bond acceptors (Lipinski definition) is 7. The zero-order valence-electron chi connectivity index (χ0n) is 17.8. The maximum absolute atomic E-state index is 12.4. The van der Waals surface area contributed by atoms with Gasteiger partial charge in [0, 0.05) is 12.1 Å². The predicted octanol–water partition coefficient (Wildman–Crippen LogP) is 1.37. The number of rotatable bonds is 10. The van der Waals surface area contributed by atoms with E-state index in [4.69, 9.17) is 10.2 Å². The molecular weight excluding hydrogens is 456 g/mol. The van der Waals surface area contributed by atoms with Crippen LogP contribution >= 0.6 is 0 Å². The number of aldehydes is 1. The lowest BCUT2D eigenvalue weighted by Gasteiger charge is -2.11. The molecule has 0 saturated heterocycles. The minimum absolute atomic E-state index is 0.133. The summed E-state index contributed by atoms with van der Waals surface area (Å²) in [6.45, 7) is 3.82. The summed E-state index contributed by atoms with van der Waals surface area (Å²) in [5.41, 5.74) is 0.0399. The van der Waals surface area contributed by atoms with E-state index in [0.29, 0.717) is 11.8 Å². The summed E-state index contributed by atoms with van der Waals surface area (Å²) in [5.74, 6) is -3.97. The highest BCUT2D eigenvalue weighted by Gasteiger charge is 2.19. The highest BCUT2D eigenvalue weighted by molar-refractivity contribution is 7.89. The Morgan fingerprint density at radius 1 is 1.03 bits per heavy atom. The van der Waals surface area contributed by atoms with Gasteiger partial charge in [-0.2, -0.15) is 0 Å². The number of aromatic hydroxyl groups is 1. The Morgan fingerprint density at radius 2 is 1.64 bits per heavy atom. The van der Waals surface area contributed by atoms with Crippen molar-refractivity contribution in [3.63, 3.8) is 0 Å². The van der Waals surface area contributed by atoms with E-state index in [1.807, 2.05) is 13.8 Å². The van der Waals surface area contributed by atoms with Crippen LogP contribution in [0.15, 0.2) is 47.4 Å². The molecule has 5 N–H and O–H groups in total. The Balaban J connectivity index is 0.00000265. The van der Waals surface area contributed by atoms with Gasteiger partial charge in [-0.25, -0.2) is 17.9 Å². The van der Waals surface area contributed by atoms with Gasteiger partial charge in [0.1, 0.15) is 17.6 Å². The highest BCUT2D eigenvalue weighted by Crippen LogP contribution is 2.21. The van der Waals surface area contributed by atoms with E-state index in [2.05, 4.69) is 10.0 Å². The normalized spacial score (nSPS) is 11.5. The van der Waals surface area contributed by atoms with Crippen molar-refractivity contribution in [2.45, 2.75) is 37.8 Å². The smallest absolute Gasteiger partial charge is 0.339 e. The molecule has 0 aliphatic heterocycles. The van der Waals surface area contributed by atoms with Crippen molar-refractivity contribution in [1.29, 1.82) is 0 Å². The van der Waals surface area contributed by atoms with Gasteiger partial charge in [-0.1, -0.05) is 26.0 Å². The Hall–Kier alpha value is -3.77. The van der Waals surface area contributed by atoms with Gasteiger partial charge in [0.15, 0.2) is 0 Å². The van der Waals surface area contributed by atoms with Crippen LogP contribution in [0.1, 0.15) is 46.5 Å². The molecule has 0 saturated carbocycles. The molecule has 0 radical (unpaired) electrons. The largest absolute Gasteiger partial charge is 0.507 e. The Labute approximate surface area is 190 Å². The van der Waals surface area contributed by atoms with Crippen LogP contribution in [-0.4, -0.2) is 53.9 Å². The zero-order valence-corrected chi connectivity index (χ0v) is 18.6. The molecule has 0 bridgehead atoms. The first-order valence-electron chi connectivity index (χ1n) is 9.66. The third-order valence-corrected chi connectivity index (χ3v) is 5.47. The molecule has 0 fully saturated rings. The van der Waals surface area contributed by atoms with Crippen LogP contribution in [0.5, 0.6) is 5.75 Å². The summed E-state index contributed by atoms with van der Waals surface area (Å²) < 4.78 is 27.0. The monoisotopic (exact) mass is 480 g/mol. The number of carboxylic acids is 2. The molecule has 0 spiro atoms. The summed E-state index contributed by atoms with van der Waals surface area (Å²) in [6.07, 6.45) is -0.246. The van der Waals surface area contributed by atoms with Crippen molar-refractivity contribution in [1.82, 2.24) is 10.0 Å². The lowest BCUT2D eigenvalue weighted by molar-refractivity contribution is -0.138. The summed E-state index contributed by atoms with van der Waals surface area (Å²) in [5, 5.41) is 29.4. The number of phenols is 1. The number of carboxylic acid groups (broad SMARTS) is 2. The average molecular weight is 480 g/mol. The molecule has 0 aliphatic carbocycles. The first-order valence-corrected chi connectivity index (χ1v) is 11.1. The number of sulfonamides is 1. The van der Waals surface area contributed by atoms with Gasteiger partial charge in [-0.05, 0) is 35.9 Å². The molecule has 2 aromatic rings. The third-order valence-electron chi connectivity index (χ3n) is 4.07. The highest BCUT2D eigenvalue weighted by atomic mass is 32.2. The number of benzene rings is 2. The Morgan fingerprint density at radius 3 is 2.15 bits per heavy atom. The molecule has 0 heterocycles. The maximum atomic E-state index is 12.4. The van der Waals surface area contributed by atoms with Gasteiger partial charge in [0.2, 0.25) is 10.0 Å². The van der Waals surface area contributed by atoms with E-state index in [9.17, 15) is 32.7 Å². The predicted molar refractivity (Wildman–Crippen MR) is 116 cm³/mol. The summed E-state index contributed by atoms with van der Waals surface area (Å²) in [4.78, 5) is 44.3. The molecule has 11 nitrogen and oxygen atoms in total. The number of nitrogens with one attached hydrogen (secondary N) is 2. The molecule has 0 aromatic heterocycles. The van der Waals surface area contributed by atoms with Crippen LogP contribution in [0.4, 0.5) is 0 Å². The van der Waals surface area contributed by atoms with Crippen LogP contribution in [0.2, 0.25) is 0 Å². The van der Waals surface area contributed by atoms with Crippen molar-refractivity contribution in [2.24, 2.45) is 0 Å². The van der Waals surface area contributed by atoms with Gasteiger partial charge in [-0.3, -0.25) is 9.59 Å². The van der Waals surface area contributed by atoms with Crippen molar-refractivity contribution in [2.75, 3.05) is 0 Å². The fourth-order valence-electron chi connectivity index (χ4n) is 2.46. The quantitative estimate of drug-likeness (QED) is 0.313. The Kier molecular flexibility index (Phi) is 10.2. The van der Waals surface area contributed by atoms with E-state index < -0.39 is 51.6 Å².